The lowest BCUT2D eigenvalue weighted by Gasteiger charge is -2.42. The van der Waals surface area contributed by atoms with Gasteiger partial charge in [-0.25, -0.2) is 15.0 Å². The summed E-state index contributed by atoms with van der Waals surface area (Å²) in [5.41, 5.74) is 3.80. The van der Waals surface area contributed by atoms with Crippen LogP contribution in [0, 0.1) is 6.92 Å². The average Bonchev–Trinajstić information content (AvgIpc) is 3.44. The Hall–Kier alpha value is -3.55. The minimum Gasteiger partial charge on any atom is -0.352 e. The first-order valence-electron chi connectivity index (χ1n) is 10.2. The van der Waals surface area contributed by atoms with Crippen LogP contribution in [0.15, 0.2) is 43.0 Å². The van der Waals surface area contributed by atoms with E-state index >= 15 is 0 Å². The van der Waals surface area contributed by atoms with Crippen LogP contribution in [0.4, 0.5) is 5.82 Å². The van der Waals surface area contributed by atoms with E-state index in [4.69, 9.17) is 0 Å². The van der Waals surface area contributed by atoms with E-state index in [2.05, 4.69) is 36.7 Å². The zero-order valence-electron chi connectivity index (χ0n) is 16.7. The fraction of sp³-hybridized carbons (Fsp3) is 0.318. The predicted molar refractivity (Wildman–Crippen MR) is 113 cm³/mol. The van der Waals surface area contributed by atoms with Crippen molar-refractivity contribution >= 4 is 33.8 Å². The molecule has 1 aliphatic carbocycles. The third-order valence-electron chi connectivity index (χ3n) is 6.34. The van der Waals surface area contributed by atoms with Crippen molar-refractivity contribution in [2.45, 2.75) is 25.3 Å². The molecule has 0 bridgehead atoms. The lowest BCUT2D eigenvalue weighted by molar-refractivity contribution is 0.0618. The summed E-state index contributed by atoms with van der Waals surface area (Å²) in [5, 5.41) is 1.06. The smallest absolute Gasteiger partial charge is 0.274 e. The first kappa shape index (κ1) is 17.3. The first-order chi connectivity index (χ1) is 14.6. The second kappa shape index (κ2) is 6.22. The molecule has 1 aromatic carbocycles. The molecular formula is C22H21N7O. The minimum atomic E-state index is -0.149. The third kappa shape index (κ3) is 2.56. The van der Waals surface area contributed by atoms with Crippen molar-refractivity contribution in [2.24, 2.45) is 0 Å². The van der Waals surface area contributed by atoms with Crippen molar-refractivity contribution in [3.63, 3.8) is 0 Å². The zero-order valence-corrected chi connectivity index (χ0v) is 16.7. The summed E-state index contributed by atoms with van der Waals surface area (Å²) in [6, 6.07) is 7.64. The van der Waals surface area contributed by atoms with Crippen LogP contribution in [0.25, 0.3) is 22.1 Å². The Bertz CT molecular complexity index is 1290. The van der Waals surface area contributed by atoms with Gasteiger partial charge in [0.15, 0.2) is 0 Å². The Labute approximate surface area is 173 Å². The Balaban J connectivity index is 1.30. The van der Waals surface area contributed by atoms with Crippen molar-refractivity contribution in [1.82, 2.24) is 29.8 Å². The Kier molecular flexibility index (Phi) is 3.59. The number of anilines is 1. The topological polar surface area (TPSA) is 90.9 Å². The number of aryl methyl sites for hydroxylation is 1. The Morgan fingerprint density at radius 3 is 2.77 bits per heavy atom. The van der Waals surface area contributed by atoms with Crippen LogP contribution in [0.3, 0.4) is 0 Å². The molecule has 150 valence electrons. The number of fused-ring (bicyclic) bond motifs is 2. The molecule has 1 N–H and O–H groups in total. The number of amides is 1. The zero-order chi connectivity index (χ0) is 20.3. The number of para-hydroxylation sites is 2. The number of hydrogen-bond acceptors (Lipinski definition) is 6. The quantitative estimate of drug-likeness (QED) is 0.557. The van der Waals surface area contributed by atoms with E-state index in [0.717, 1.165) is 59.4 Å². The number of nitrogens with zero attached hydrogens (tertiary/aromatic N) is 6. The van der Waals surface area contributed by atoms with Crippen molar-refractivity contribution in [2.75, 3.05) is 24.5 Å². The number of hydrogen-bond donors (Lipinski definition) is 1. The molecule has 1 spiro atoms. The number of carbonyl (C=O) groups is 1. The van der Waals surface area contributed by atoms with Gasteiger partial charge >= 0.3 is 0 Å². The van der Waals surface area contributed by atoms with Gasteiger partial charge in [-0.3, -0.25) is 9.78 Å². The molecule has 30 heavy (non-hydrogen) atoms. The number of carbonyl (C=O) groups excluding carboxylic acids is 1. The molecule has 0 atom stereocenters. The summed E-state index contributed by atoms with van der Waals surface area (Å²) in [6.45, 7) is 4.21. The maximum atomic E-state index is 13.3. The van der Waals surface area contributed by atoms with Gasteiger partial charge in [0.05, 0.1) is 28.2 Å². The molecular weight excluding hydrogens is 378 g/mol. The van der Waals surface area contributed by atoms with Crippen LogP contribution in [0.2, 0.25) is 0 Å². The van der Waals surface area contributed by atoms with E-state index in [-0.39, 0.29) is 11.4 Å². The summed E-state index contributed by atoms with van der Waals surface area (Å²) in [4.78, 5) is 38.8. The van der Waals surface area contributed by atoms with Crippen LogP contribution in [-0.4, -0.2) is 60.9 Å². The number of benzene rings is 1. The van der Waals surface area contributed by atoms with Crippen molar-refractivity contribution in [3.8, 4) is 0 Å². The van der Waals surface area contributed by atoms with Crippen LogP contribution in [0.5, 0.6) is 0 Å². The van der Waals surface area contributed by atoms with Crippen LogP contribution < -0.4 is 4.90 Å². The van der Waals surface area contributed by atoms with E-state index in [1.54, 1.807) is 12.5 Å². The van der Waals surface area contributed by atoms with E-state index in [0.29, 0.717) is 12.2 Å². The van der Waals surface area contributed by atoms with E-state index in [1.807, 2.05) is 35.4 Å². The van der Waals surface area contributed by atoms with E-state index in [1.165, 1.54) is 0 Å². The van der Waals surface area contributed by atoms with Gasteiger partial charge in [0.25, 0.3) is 5.91 Å². The minimum absolute atomic E-state index is 0.0314. The molecule has 4 aromatic rings. The van der Waals surface area contributed by atoms with Gasteiger partial charge in [-0.2, -0.15) is 0 Å². The number of rotatable bonds is 2. The van der Waals surface area contributed by atoms with Gasteiger partial charge in [0.1, 0.15) is 23.5 Å². The number of piperazine rings is 1. The van der Waals surface area contributed by atoms with E-state index < -0.39 is 0 Å². The third-order valence-corrected chi connectivity index (χ3v) is 6.34. The summed E-state index contributed by atoms with van der Waals surface area (Å²) in [5.74, 6) is 0.915. The van der Waals surface area contributed by atoms with Crippen LogP contribution >= 0.6 is 0 Å². The van der Waals surface area contributed by atoms with Gasteiger partial charge in [-0.15, -0.1) is 0 Å². The van der Waals surface area contributed by atoms with Crippen LogP contribution in [-0.2, 0) is 0 Å². The highest BCUT2D eigenvalue weighted by molar-refractivity contribution is 5.95. The summed E-state index contributed by atoms with van der Waals surface area (Å²) < 4.78 is 0. The molecule has 0 radical (unpaired) electrons. The van der Waals surface area contributed by atoms with Gasteiger partial charge in [0.2, 0.25) is 0 Å². The molecule has 1 saturated heterocycles. The fourth-order valence-corrected chi connectivity index (χ4v) is 4.58. The SMILES string of the molecule is Cc1c[nH]c2ncnc(N3CCN(C(=O)c4cnc5ccccc5n4)C4(CC4)C3)c12. The summed E-state index contributed by atoms with van der Waals surface area (Å²) in [6.07, 6.45) is 7.17. The van der Waals surface area contributed by atoms with Gasteiger partial charge in [0, 0.05) is 25.8 Å². The molecule has 2 fully saturated rings. The molecule has 8 heteroatoms. The molecule has 1 aliphatic heterocycles. The highest BCUT2D eigenvalue weighted by Gasteiger charge is 2.54. The first-order valence-corrected chi connectivity index (χ1v) is 10.2. The summed E-state index contributed by atoms with van der Waals surface area (Å²) >= 11 is 0. The normalized spacial score (nSPS) is 17.8. The molecule has 6 rings (SSSR count). The standard InChI is InChI=1S/C22H21N7O/c1-14-10-24-19-18(14)20(26-13-25-19)28-8-9-29(22(12-28)6-7-22)21(30)17-11-23-15-4-2-3-5-16(15)27-17/h2-5,10-11,13H,6-9,12H2,1H3,(H,24,25,26). The monoisotopic (exact) mass is 399 g/mol. The molecule has 1 amide bonds. The number of aromatic amines is 1. The van der Waals surface area contributed by atoms with Crippen molar-refractivity contribution in [1.29, 1.82) is 0 Å². The highest BCUT2D eigenvalue weighted by atomic mass is 16.2. The van der Waals surface area contributed by atoms with Crippen molar-refractivity contribution < 1.29 is 4.79 Å². The lowest BCUT2D eigenvalue weighted by Crippen LogP contribution is -2.57. The number of aromatic nitrogens is 5. The lowest BCUT2D eigenvalue weighted by atomic mass is 10.1. The second-order valence-corrected chi connectivity index (χ2v) is 8.24. The molecule has 2 aliphatic rings. The van der Waals surface area contributed by atoms with Gasteiger partial charge in [-0.05, 0) is 37.5 Å². The molecule has 1 saturated carbocycles. The molecule has 8 nitrogen and oxygen atoms in total. The number of nitrogens with one attached hydrogen (secondary N) is 1. The van der Waals surface area contributed by atoms with Gasteiger partial charge in [-0.1, -0.05) is 12.1 Å². The highest BCUT2D eigenvalue weighted by Crippen LogP contribution is 2.46. The Morgan fingerprint density at radius 2 is 1.93 bits per heavy atom. The maximum Gasteiger partial charge on any atom is 0.274 e. The average molecular weight is 399 g/mol. The second-order valence-electron chi connectivity index (χ2n) is 8.24. The van der Waals surface area contributed by atoms with E-state index in [9.17, 15) is 4.79 Å². The van der Waals surface area contributed by atoms with Gasteiger partial charge < -0.3 is 14.8 Å². The van der Waals surface area contributed by atoms with Crippen molar-refractivity contribution in [3.05, 3.63) is 54.2 Å². The maximum absolute atomic E-state index is 13.3. The fourth-order valence-electron chi connectivity index (χ4n) is 4.58. The predicted octanol–water partition coefficient (Wildman–Crippen LogP) is 2.70. The largest absolute Gasteiger partial charge is 0.352 e. The van der Waals surface area contributed by atoms with Crippen LogP contribution in [0.1, 0.15) is 28.9 Å². The summed E-state index contributed by atoms with van der Waals surface area (Å²) in [7, 11) is 0. The Morgan fingerprint density at radius 1 is 1.10 bits per heavy atom. The number of H-pyrrole nitrogens is 1. The molecule has 3 aromatic heterocycles. The molecule has 4 heterocycles. The molecule has 0 unspecified atom stereocenters.